The monoisotopic (exact) mass is 347 g/mol. The van der Waals surface area contributed by atoms with Crippen LogP contribution >= 0.6 is 27.3 Å². The van der Waals surface area contributed by atoms with Gasteiger partial charge in [0.1, 0.15) is 9.96 Å². The molecule has 18 heavy (non-hydrogen) atoms. The zero-order valence-corrected chi connectivity index (χ0v) is 12.7. The number of aromatic nitrogens is 1. The molecule has 1 heterocycles. The average molecular weight is 348 g/mol. The molecule has 0 unspecified atom stereocenters. The molecule has 0 radical (unpaired) electrons. The maximum absolute atomic E-state index is 12.3. The summed E-state index contributed by atoms with van der Waals surface area (Å²) in [6.07, 6.45) is 1.34. The summed E-state index contributed by atoms with van der Waals surface area (Å²) in [7, 11) is -3.51. The second-order valence-corrected chi connectivity index (χ2v) is 7.83. The SMILES string of the molecule is CCOc1cccc(S(=O)(=O)c2cnc(Br)s2)c1. The molecule has 2 rings (SSSR count). The number of rotatable bonds is 4. The van der Waals surface area contributed by atoms with E-state index in [1.54, 1.807) is 18.2 Å². The van der Waals surface area contributed by atoms with E-state index in [0.29, 0.717) is 16.3 Å². The topological polar surface area (TPSA) is 56.3 Å². The van der Waals surface area contributed by atoms with Crippen molar-refractivity contribution >= 4 is 37.1 Å². The quantitative estimate of drug-likeness (QED) is 0.852. The Morgan fingerprint density at radius 1 is 1.44 bits per heavy atom. The second kappa shape index (κ2) is 5.38. The molecule has 2 aromatic rings. The first-order valence-corrected chi connectivity index (χ1v) is 8.22. The summed E-state index contributed by atoms with van der Waals surface area (Å²) in [6, 6.07) is 6.46. The summed E-state index contributed by atoms with van der Waals surface area (Å²) < 4.78 is 30.6. The molecule has 0 amide bonds. The Balaban J connectivity index is 2.44. The maximum Gasteiger partial charge on any atom is 0.217 e. The van der Waals surface area contributed by atoms with Crippen LogP contribution < -0.4 is 4.74 Å². The molecule has 0 N–H and O–H groups in total. The second-order valence-electron chi connectivity index (χ2n) is 3.34. The lowest BCUT2D eigenvalue weighted by molar-refractivity contribution is 0.339. The minimum absolute atomic E-state index is 0.211. The lowest BCUT2D eigenvalue weighted by atomic mass is 10.3. The van der Waals surface area contributed by atoms with Gasteiger partial charge in [-0.1, -0.05) is 17.4 Å². The lowest BCUT2D eigenvalue weighted by Crippen LogP contribution is -2.00. The van der Waals surface area contributed by atoms with Crippen molar-refractivity contribution in [3.8, 4) is 5.75 Å². The first kappa shape index (κ1) is 13.5. The van der Waals surface area contributed by atoms with Crippen LogP contribution in [0.15, 0.2) is 43.5 Å². The highest BCUT2D eigenvalue weighted by Gasteiger charge is 2.21. The normalized spacial score (nSPS) is 11.4. The molecule has 0 bridgehead atoms. The van der Waals surface area contributed by atoms with Gasteiger partial charge in [0.05, 0.1) is 17.7 Å². The van der Waals surface area contributed by atoms with Crippen molar-refractivity contribution < 1.29 is 13.2 Å². The van der Waals surface area contributed by atoms with Gasteiger partial charge in [-0.05, 0) is 41.1 Å². The molecule has 0 aliphatic heterocycles. The molecule has 7 heteroatoms. The molecule has 0 saturated heterocycles. The van der Waals surface area contributed by atoms with Crippen LogP contribution in [0.5, 0.6) is 5.75 Å². The van der Waals surface area contributed by atoms with E-state index in [2.05, 4.69) is 20.9 Å². The molecular formula is C11H10BrNO3S2. The molecule has 0 fully saturated rings. The number of benzene rings is 1. The number of thiazole rings is 1. The Kier molecular flexibility index (Phi) is 4.04. The molecule has 96 valence electrons. The molecule has 1 aromatic carbocycles. The van der Waals surface area contributed by atoms with Gasteiger partial charge in [0.2, 0.25) is 9.84 Å². The number of sulfone groups is 1. The maximum atomic E-state index is 12.3. The Bertz CT molecular complexity index is 652. The van der Waals surface area contributed by atoms with Gasteiger partial charge in [0.15, 0.2) is 3.92 Å². The van der Waals surface area contributed by atoms with Crippen LogP contribution in [0.25, 0.3) is 0 Å². The fraction of sp³-hybridized carbons (Fsp3) is 0.182. The lowest BCUT2D eigenvalue weighted by Gasteiger charge is -2.05. The van der Waals surface area contributed by atoms with Crippen molar-refractivity contribution in [2.45, 2.75) is 16.0 Å². The highest BCUT2D eigenvalue weighted by molar-refractivity contribution is 9.11. The van der Waals surface area contributed by atoms with E-state index >= 15 is 0 Å². The first-order chi connectivity index (χ1) is 8.54. The van der Waals surface area contributed by atoms with Gasteiger partial charge < -0.3 is 4.74 Å². The van der Waals surface area contributed by atoms with Gasteiger partial charge in [-0.25, -0.2) is 13.4 Å². The van der Waals surface area contributed by atoms with Crippen molar-refractivity contribution in [3.05, 3.63) is 34.4 Å². The largest absolute Gasteiger partial charge is 0.494 e. The summed E-state index contributed by atoms with van der Waals surface area (Å²) in [5, 5.41) is 0. The Morgan fingerprint density at radius 2 is 2.22 bits per heavy atom. The fourth-order valence-electron chi connectivity index (χ4n) is 1.38. The molecule has 0 aliphatic carbocycles. The zero-order chi connectivity index (χ0) is 13.2. The third kappa shape index (κ3) is 2.73. The smallest absolute Gasteiger partial charge is 0.217 e. The van der Waals surface area contributed by atoms with E-state index in [-0.39, 0.29) is 9.10 Å². The predicted molar refractivity (Wildman–Crippen MR) is 72.9 cm³/mol. The average Bonchev–Trinajstić information content (AvgIpc) is 2.77. The predicted octanol–water partition coefficient (Wildman–Crippen LogP) is 3.14. The van der Waals surface area contributed by atoms with Crippen LogP contribution in [0, 0.1) is 0 Å². The van der Waals surface area contributed by atoms with E-state index < -0.39 is 9.84 Å². The summed E-state index contributed by atoms with van der Waals surface area (Å²) in [5.41, 5.74) is 0. The number of ether oxygens (including phenoxy) is 1. The molecular weight excluding hydrogens is 338 g/mol. The van der Waals surface area contributed by atoms with E-state index in [0.717, 1.165) is 11.3 Å². The van der Waals surface area contributed by atoms with Crippen molar-refractivity contribution in [2.24, 2.45) is 0 Å². The van der Waals surface area contributed by atoms with E-state index in [4.69, 9.17) is 4.74 Å². The van der Waals surface area contributed by atoms with Crippen molar-refractivity contribution in [2.75, 3.05) is 6.61 Å². The minimum atomic E-state index is -3.51. The standard InChI is InChI=1S/C11H10BrNO3S2/c1-2-16-8-4-3-5-9(6-8)18(14,15)10-7-13-11(12)17-10/h3-7H,2H2,1H3. The van der Waals surface area contributed by atoms with Gasteiger partial charge in [-0.15, -0.1) is 0 Å². The molecule has 4 nitrogen and oxygen atoms in total. The summed E-state index contributed by atoms with van der Waals surface area (Å²) in [6.45, 7) is 2.34. The molecule has 1 aromatic heterocycles. The number of nitrogens with zero attached hydrogens (tertiary/aromatic N) is 1. The highest BCUT2D eigenvalue weighted by Crippen LogP contribution is 2.29. The van der Waals surface area contributed by atoms with Crippen molar-refractivity contribution in [1.82, 2.24) is 4.98 Å². The van der Waals surface area contributed by atoms with Crippen LogP contribution in [0.4, 0.5) is 0 Å². The Labute approximate surface area is 118 Å². The number of hydrogen-bond acceptors (Lipinski definition) is 5. The first-order valence-electron chi connectivity index (χ1n) is 5.13. The van der Waals surface area contributed by atoms with E-state index in [1.165, 1.54) is 12.3 Å². The van der Waals surface area contributed by atoms with E-state index in [1.807, 2.05) is 6.92 Å². The molecule has 0 saturated carbocycles. The third-order valence-corrected chi connectivity index (χ3v) is 5.84. The van der Waals surface area contributed by atoms with Gasteiger partial charge in [0.25, 0.3) is 0 Å². The van der Waals surface area contributed by atoms with Crippen molar-refractivity contribution in [1.29, 1.82) is 0 Å². The van der Waals surface area contributed by atoms with Gasteiger partial charge in [-0.3, -0.25) is 0 Å². The third-order valence-electron chi connectivity index (χ3n) is 2.15. The summed E-state index contributed by atoms with van der Waals surface area (Å²) in [5.74, 6) is 0.544. The molecule has 0 atom stereocenters. The minimum Gasteiger partial charge on any atom is -0.494 e. The highest BCUT2D eigenvalue weighted by atomic mass is 79.9. The van der Waals surface area contributed by atoms with E-state index in [9.17, 15) is 8.42 Å². The molecule has 0 spiro atoms. The Morgan fingerprint density at radius 3 is 2.83 bits per heavy atom. The van der Waals surface area contributed by atoms with Crippen LogP contribution in [-0.4, -0.2) is 20.0 Å². The summed E-state index contributed by atoms with van der Waals surface area (Å²) >= 11 is 4.24. The zero-order valence-electron chi connectivity index (χ0n) is 9.46. The fourth-order valence-corrected chi connectivity index (χ4v) is 4.62. The van der Waals surface area contributed by atoms with Crippen LogP contribution in [0.1, 0.15) is 6.92 Å². The molecule has 0 aliphatic rings. The van der Waals surface area contributed by atoms with Crippen LogP contribution in [0.3, 0.4) is 0 Å². The van der Waals surface area contributed by atoms with Gasteiger partial charge in [0, 0.05) is 0 Å². The van der Waals surface area contributed by atoms with Crippen LogP contribution in [-0.2, 0) is 9.84 Å². The van der Waals surface area contributed by atoms with Gasteiger partial charge in [-0.2, -0.15) is 0 Å². The van der Waals surface area contributed by atoms with Gasteiger partial charge >= 0.3 is 0 Å². The Hall–Kier alpha value is -0.920. The number of halogens is 1. The summed E-state index contributed by atoms with van der Waals surface area (Å²) in [4.78, 5) is 4.10. The van der Waals surface area contributed by atoms with Crippen molar-refractivity contribution in [3.63, 3.8) is 0 Å². The number of hydrogen-bond donors (Lipinski definition) is 0. The van der Waals surface area contributed by atoms with Crippen LogP contribution in [0.2, 0.25) is 0 Å².